The maximum Gasteiger partial charge on any atom is 0.258 e. The number of aryl methyl sites for hydroxylation is 1. The van der Waals surface area contributed by atoms with E-state index in [-0.39, 0.29) is 18.4 Å². The molecule has 29 heavy (non-hydrogen) atoms. The largest absolute Gasteiger partial charge is 0.484 e. The number of halogens is 1. The van der Waals surface area contributed by atoms with E-state index in [1.54, 1.807) is 24.3 Å². The normalized spacial score (nSPS) is 13.0. The Morgan fingerprint density at radius 1 is 1.17 bits per heavy atom. The van der Waals surface area contributed by atoms with Crippen LogP contribution < -0.4 is 10.1 Å². The molecule has 0 saturated carbocycles. The van der Waals surface area contributed by atoms with Crippen molar-refractivity contribution in [3.63, 3.8) is 0 Å². The molecule has 2 aromatic carbocycles. The molecule has 1 heterocycles. The molecule has 3 aromatic rings. The molecule has 0 aliphatic carbocycles. The van der Waals surface area contributed by atoms with Gasteiger partial charge in [0, 0.05) is 10.6 Å². The van der Waals surface area contributed by atoms with E-state index in [2.05, 4.69) is 15.5 Å². The molecule has 0 fully saturated rings. The smallest absolute Gasteiger partial charge is 0.258 e. The average molecular weight is 414 g/mol. The zero-order chi connectivity index (χ0) is 20.8. The van der Waals surface area contributed by atoms with Crippen LogP contribution in [0.5, 0.6) is 5.75 Å². The number of rotatable bonds is 8. The van der Waals surface area contributed by atoms with Crippen molar-refractivity contribution >= 4 is 17.5 Å². The monoisotopic (exact) mass is 413 g/mol. The van der Waals surface area contributed by atoms with E-state index in [1.807, 2.05) is 45.0 Å². The first-order chi connectivity index (χ1) is 14.0. The van der Waals surface area contributed by atoms with Crippen molar-refractivity contribution in [1.29, 1.82) is 0 Å². The fourth-order valence-electron chi connectivity index (χ4n) is 2.76. The van der Waals surface area contributed by atoms with Gasteiger partial charge in [0.15, 0.2) is 6.61 Å². The first-order valence-corrected chi connectivity index (χ1v) is 9.92. The van der Waals surface area contributed by atoms with Crippen LogP contribution in [-0.2, 0) is 4.79 Å². The first-order valence-electron chi connectivity index (χ1n) is 9.54. The highest BCUT2D eigenvalue weighted by molar-refractivity contribution is 6.30. The molecule has 0 bridgehead atoms. The van der Waals surface area contributed by atoms with E-state index < -0.39 is 6.04 Å². The van der Waals surface area contributed by atoms with Gasteiger partial charge in [-0.1, -0.05) is 66.9 Å². The van der Waals surface area contributed by atoms with Crippen LogP contribution in [0.15, 0.2) is 53.1 Å². The number of carbonyl (C=O) groups is 1. The lowest BCUT2D eigenvalue weighted by molar-refractivity contribution is -0.124. The fraction of sp³-hybridized carbons (Fsp3) is 0.318. The summed E-state index contributed by atoms with van der Waals surface area (Å²) in [5.74, 6) is 1.31. The Balaban J connectivity index is 1.68. The molecule has 0 radical (unpaired) electrons. The minimum Gasteiger partial charge on any atom is -0.484 e. The van der Waals surface area contributed by atoms with Gasteiger partial charge < -0.3 is 14.6 Å². The van der Waals surface area contributed by atoms with Crippen LogP contribution in [0.1, 0.15) is 37.8 Å². The lowest BCUT2D eigenvalue weighted by atomic mass is 9.99. The first kappa shape index (κ1) is 20.9. The fourth-order valence-corrected chi connectivity index (χ4v) is 2.89. The Morgan fingerprint density at radius 3 is 2.52 bits per heavy atom. The zero-order valence-electron chi connectivity index (χ0n) is 16.7. The molecule has 2 atom stereocenters. The number of aromatic nitrogens is 2. The number of nitrogens with zero attached hydrogens (tertiary/aromatic N) is 2. The van der Waals surface area contributed by atoms with Crippen molar-refractivity contribution < 1.29 is 14.1 Å². The van der Waals surface area contributed by atoms with Crippen molar-refractivity contribution in [2.45, 2.75) is 33.2 Å². The van der Waals surface area contributed by atoms with Gasteiger partial charge in [-0.3, -0.25) is 4.79 Å². The number of carbonyl (C=O) groups excluding carboxylic acids is 1. The van der Waals surface area contributed by atoms with Crippen molar-refractivity contribution in [3.05, 3.63) is 65.0 Å². The summed E-state index contributed by atoms with van der Waals surface area (Å²) in [6.45, 7) is 5.98. The van der Waals surface area contributed by atoms with Crippen LogP contribution >= 0.6 is 11.6 Å². The van der Waals surface area contributed by atoms with Crippen LogP contribution in [-0.4, -0.2) is 22.7 Å². The molecular formula is C22H24ClN3O3. The number of benzene rings is 2. The minimum absolute atomic E-state index is 0.112. The Bertz CT molecular complexity index is 939. The second kappa shape index (κ2) is 9.56. The van der Waals surface area contributed by atoms with Gasteiger partial charge >= 0.3 is 0 Å². The summed E-state index contributed by atoms with van der Waals surface area (Å²) in [5, 5.41) is 7.65. The Hall–Kier alpha value is -2.86. The van der Waals surface area contributed by atoms with Crippen LogP contribution in [0.3, 0.4) is 0 Å². The second-order valence-corrected chi connectivity index (χ2v) is 7.43. The van der Waals surface area contributed by atoms with E-state index in [9.17, 15) is 4.79 Å². The molecule has 0 unspecified atom stereocenters. The quantitative estimate of drug-likeness (QED) is 0.563. The second-order valence-electron chi connectivity index (χ2n) is 7.00. The Morgan fingerprint density at radius 2 is 1.86 bits per heavy atom. The van der Waals surface area contributed by atoms with E-state index in [4.69, 9.17) is 20.9 Å². The Labute approximate surface area is 175 Å². The average Bonchev–Trinajstić information content (AvgIpc) is 3.21. The van der Waals surface area contributed by atoms with Crippen LogP contribution in [0.4, 0.5) is 0 Å². The summed E-state index contributed by atoms with van der Waals surface area (Å²) < 4.78 is 11.0. The van der Waals surface area contributed by atoms with Crippen molar-refractivity contribution in [1.82, 2.24) is 15.5 Å². The molecule has 6 nitrogen and oxygen atoms in total. The van der Waals surface area contributed by atoms with Gasteiger partial charge in [0.2, 0.25) is 11.7 Å². The van der Waals surface area contributed by atoms with Gasteiger partial charge in [0.05, 0.1) is 0 Å². The molecule has 0 saturated heterocycles. The summed E-state index contributed by atoms with van der Waals surface area (Å²) >= 11 is 5.86. The summed E-state index contributed by atoms with van der Waals surface area (Å²) in [7, 11) is 0. The van der Waals surface area contributed by atoms with Gasteiger partial charge in [0.25, 0.3) is 5.91 Å². The third kappa shape index (κ3) is 5.57. The van der Waals surface area contributed by atoms with Gasteiger partial charge in [-0.05, 0) is 37.1 Å². The molecular weight excluding hydrogens is 390 g/mol. The highest BCUT2D eigenvalue weighted by Crippen LogP contribution is 2.26. The maximum absolute atomic E-state index is 12.4. The predicted octanol–water partition coefficient (Wildman–Crippen LogP) is 4.98. The van der Waals surface area contributed by atoms with Gasteiger partial charge in [-0.15, -0.1) is 0 Å². The third-order valence-corrected chi connectivity index (χ3v) is 4.98. The molecule has 1 amide bonds. The van der Waals surface area contributed by atoms with Crippen LogP contribution in [0, 0.1) is 12.8 Å². The molecule has 1 aromatic heterocycles. The summed E-state index contributed by atoms with van der Waals surface area (Å²) in [4.78, 5) is 17.0. The SMILES string of the molecule is CC[C@H](C)[C@@H](NC(=O)COc1ccc(Cl)cc1)c1nc(-c2ccc(C)cc2)no1. The minimum atomic E-state index is -0.395. The maximum atomic E-state index is 12.4. The molecule has 0 spiro atoms. The molecule has 0 aliphatic rings. The Kier molecular flexibility index (Phi) is 6.88. The van der Waals surface area contributed by atoms with E-state index >= 15 is 0 Å². The molecule has 3 rings (SSSR count). The molecule has 7 heteroatoms. The number of ether oxygens (including phenoxy) is 1. The number of hydrogen-bond acceptors (Lipinski definition) is 5. The van der Waals surface area contributed by atoms with Crippen LogP contribution in [0.25, 0.3) is 11.4 Å². The lowest BCUT2D eigenvalue weighted by Gasteiger charge is -2.20. The van der Waals surface area contributed by atoms with Crippen molar-refractivity contribution in [3.8, 4) is 17.1 Å². The highest BCUT2D eigenvalue weighted by atomic mass is 35.5. The van der Waals surface area contributed by atoms with Gasteiger partial charge in [-0.2, -0.15) is 4.98 Å². The molecule has 152 valence electrons. The standard InChI is InChI=1S/C22H24ClN3O3/c1-4-15(3)20(24-19(27)13-28-18-11-9-17(23)10-12-18)22-25-21(26-29-22)16-7-5-14(2)6-8-16/h5-12,15,20H,4,13H2,1-3H3,(H,24,27)/t15-,20+/m0/s1. The zero-order valence-corrected chi connectivity index (χ0v) is 17.4. The lowest BCUT2D eigenvalue weighted by Crippen LogP contribution is -2.36. The van der Waals surface area contributed by atoms with Crippen molar-refractivity contribution in [2.24, 2.45) is 5.92 Å². The van der Waals surface area contributed by atoms with Crippen molar-refractivity contribution in [2.75, 3.05) is 6.61 Å². The van der Waals surface area contributed by atoms with Gasteiger partial charge in [-0.25, -0.2) is 0 Å². The molecule has 1 N–H and O–H groups in total. The summed E-state index contributed by atoms with van der Waals surface area (Å²) in [6, 6.07) is 14.3. The summed E-state index contributed by atoms with van der Waals surface area (Å²) in [5.41, 5.74) is 2.02. The van der Waals surface area contributed by atoms with E-state index in [0.717, 1.165) is 17.5 Å². The predicted molar refractivity (Wildman–Crippen MR) is 112 cm³/mol. The van der Waals surface area contributed by atoms with Gasteiger partial charge in [0.1, 0.15) is 11.8 Å². The highest BCUT2D eigenvalue weighted by Gasteiger charge is 2.26. The number of nitrogens with one attached hydrogen (secondary N) is 1. The van der Waals surface area contributed by atoms with Crippen LogP contribution in [0.2, 0.25) is 5.02 Å². The third-order valence-electron chi connectivity index (χ3n) is 4.73. The number of hydrogen-bond donors (Lipinski definition) is 1. The topological polar surface area (TPSA) is 77.2 Å². The molecule has 0 aliphatic heterocycles. The van der Waals surface area contributed by atoms with E-state index in [0.29, 0.717) is 22.5 Å². The summed E-state index contributed by atoms with van der Waals surface area (Å²) in [6.07, 6.45) is 0.839. The number of amides is 1. The van der Waals surface area contributed by atoms with E-state index in [1.165, 1.54) is 0 Å².